The second-order valence-corrected chi connectivity index (χ2v) is 8.09. The first kappa shape index (κ1) is 17.2. The Morgan fingerprint density at radius 3 is 2.50 bits per heavy atom. The largest absolute Gasteiger partial charge is 0.497 e. The van der Waals surface area contributed by atoms with Crippen LogP contribution in [-0.2, 0) is 12.8 Å². The van der Waals surface area contributed by atoms with E-state index in [0.29, 0.717) is 0 Å². The van der Waals surface area contributed by atoms with Crippen molar-refractivity contribution in [3.8, 4) is 17.1 Å². The molecule has 0 aliphatic heterocycles. The summed E-state index contributed by atoms with van der Waals surface area (Å²) in [6, 6.07) is 18.2. The molecule has 0 saturated carbocycles. The van der Waals surface area contributed by atoms with Crippen molar-refractivity contribution in [2.75, 3.05) is 12.4 Å². The van der Waals surface area contributed by atoms with Gasteiger partial charge in [-0.2, -0.15) is 0 Å². The number of benzene rings is 2. The van der Waals surface area contributed by atoms with Crippen LogP contribution in [0.1, 0.15) is 23.3 Å². The summed E-state index contributed by atoms with van der Waals surface area (Å²) in [5.74, 6) is 2.51. The summed E-state index contributed by atoms with van der Waals surface area (Å²) in [5, 5.41) is 4.73. The molecule has 0 bridgehead atoms. The Morgan fingerprint density at radius 1 is 0.929 bits per heavy atom. The highest BCUT2D eigenvalue weighted by Gasteiger charge is 2.21. The molecule has 5 heteroatoms. The lowest BCUT2D eigenvalue weighted by atomic mass is 9.97. The van der Waals surface area contributed by atoms with Gasteiger partial charge in [-0.3, -0.25) is 0 Å². The molecule has 2 heterocycles. The Hall–Kier alpha value is -2.92. The number of nitrogens with zero attached hydrogens (tertiary/aromatic N) is 2. The number of methoxy groups -OCH3 is 1. The molecule has 0 spiro atoms. The van der Waals surface area contributed by atoms with Crippen LogP contribution < -0.4 is 10.1 Å². The number of hydrogen-bond acceptors (Lipinski definition) is 5. The molecule has 28 heavy (non-hydrogen) atoms. The molecule has 0 unspecified atom stereocenters. The third-order valence-electron chi connectivity index (χ3n) is 5.20. The Kier molecular flexibility index (Phi) is 4.45. The van der Waals surface area contributed by atoms with Gasteiger partial charge in [-0.1, -0.05) is 30.3 Å². The molecule has 5 rings (SSSR count). The molecule has 140 valence electrons. The maximum Gasteiger partial charge on any atom is 0.163 e. The molecule has 0 atom stereocenters. The highest BCUT2D eigenvalue weighted by atomic mass is 32.1. The lowest BCUT2D eigenvalue weighted by Crippen LogP contribution is -2.02. The van der Waals surface area contributed by atoms with Crippen molar-refractivity contribution in [1.82, 2.24) is 9.97 Å². The number of aromatic nitrogens is 2. The SMILES string of the molecule is COc1ccc(Nc2nc(-c3ccccc3)nc3sc4c(c23)CCCC4)cc1. The van der Waals surface area contributed by atoms with Crippen LogP contribution in [0.5, 0.6) is 5.75 Å². The van der Waals surface area contributed by atoms with E-state index in [1.165, 1.54) is 28.7 Å². The van der Waals surface area contributed by atoms with E-state index in [0.717, 1.165) is 46.3 Å². The second kappa shape index (κ2) is 7.24. The highest BCUT2D eigenvalue weighted by Crippen LogP contribution is 2.40. The number of fused-ring (bicyclic) bond motifs is 3. The minimum atomic E-state index is 0.766. The number of aryl methyl sites for hydroxylation is 2. The molecule has 4 aromatic rings. The maximum absolute atomic E-state index is 5.28. The zero-order valence-corrected chi connectivity index (χ0v) is 16.6. The summed E-state index contributed by atoms with van der Waals surface area (Å²) in [4.78, 5) is 12.4. The number of anilines is 2. The van der Waals surface area contributed by atoms with Crippen LogP contribution in [0.25, 0.3) is 21.6 Å². The van der Waals surface area contributed by atoms with E-state index in [2.05, 4.69) is 17.4 Å². The van der Waals surface area contributed by atoms with Gasteiger partial charge in [0.1, 0.15) is 16.4 Å². The lowest BCUT2D eigenvalue weighted by Gasteiger charge is -2.13. The number of hydrogen-bond donors (Lipinski definition) is 1. The summed E-state index contributed by atoms with van der Waals surface area (Å²) in [5.41, 5.74) is 3.46. The molecule has 0 saturated heterocycles. The van der Waals surface area contributed by atoms with E-state index in [1.54, 1.807) is 7.11 Å². The summed E-state index contributed by atoms with van der Waals surface area (Å²) in [6.07, 6.45) is 4.76. The van der Waals surface area contributed by atoms with Crippen LogP contribution in [0, 0.1) is 0 Å². The molecule has 2 aromatic carbocycles. The van der Waals surface area contributed by atoms with Crippen molar-refractivity contribution in [1.29, 1.82) is 0 Å². The van der Waals surface area contributed by atoms with Crippen LogP contribution in [0.3, 0.4) is 0 Å². The first-order chi connectivity index (χ1) is 13.8. The summed E-state index contributed by atoms with van der Waals surface area (Å²) in [6.45, 7) is 0. The molecule has 1 aliphatic rings. The van der Waals surface area contributed by atoms with E-state index >= 15 is 0 Å². The summed E-state index contributed by atoms with van der Waals surface area (Å²) >= 11 is 1.83. The molecular weight excluding hydrogens is 366 g/mol. The van der Waals surface area contributed by atoms with Crippen molar-refractivity contribution < 1.29 is 4.74 Å². The summed E-state index contributed by atoms with van der Waals surface area (Å²) < 4.78 is 5.28. The van der Waals surface area contributed by atoms with E-state index in [1.807, 2.05) is 53.8 Å². The average Bonchev–Trinajstić information content (AvgIpc) is 3.13. The molecule has 0 radical (unpaired) electrons. The molecule has 4 nitrogen and oxygen atoms in total. The zero-order valence-electron chi connectivity index (χ0n) is 15.7. The fourth-order valence-electron chi connectivity index (χ4n) is 3.78. The van der Waals surface area contributed by atoms with Gasteiger partial charge in [-0.25, -0.2) is 9.97 Å². The third-order valence-corrected chi connectivity index (χ3v) is 6.39. The van der Waals surface area contributed by atoms with Crippen molar-refractivity contribution in [3.63, 3.8) is 0 Å². The lowest BCUT2D eigenvalue weighted by molar-refractivity contribution is 0.415. The highest BCUT2D eigenvalue weighted by molar-refractivity contribution is 7.19. The van der Waals surface area contributed by atoms with Crippen LogP contribution >= 0.6 is 11.3 Å². The van der Waals surface area contributed by atoms with Crippen LogP contribution in [0.2, 0.25) is 0 Å². The summed E-state index contributed by atoms with van der Waals surface area (Å²) in [7, 11) is 1.68. The fraction of sp³-hybridized carbons (Fsp3) is 0.217. The Bertz CT molecular complexity index is 1120. The monoisotopic (exact) mass is 387 g/mol. The molecule has 2 aromatic heterocycles. The number of nitrogens with one attached hydrogen (secondary N) is 1. The smallest absolute Gasteiger partial charge is 0.163 e. The predicted octanol–water partition coefficient (Wildman–Crippen LogP) is 5.99. The van der Waals surface area contributed by atoms with Crippen molar-refractivity contribution in [2.24, 2.45) is 0 Å². The van der Waals surface area contributed by atoms with Gasteiger partial charge >= 0.3 is 0 Å². The van der Waals surface area contributed by atoms with Crippen LogP contribution in [0.15, 0.2) is 54.6 Å². The molecule has 0 amide bonds. The van der Waals surface area contributed by atoms with E-state index in [9.17, 15) is 0 Å². The molecule has 1 aliphatic carbocycles. The van der Waals surface area contributed by atoms with Gasteiger partial charge in [0.2, 0.25) is 0 Å². The number of ether oxygens (including phenoxy) is 1. The van der Waals surface area contributed by atoms with Crippen molar-refractivity contribution >= 4 is 33.1 Å². The third kappa shape index (κ3) is 3.12. The van der Waals surface area contributed by atoms with Gasteiger partial charge in [0, 0.05) is 16.1 Å². The van der Waals surface area contributed by atoms with E-state index in [4.69, 9.17) is 14.7 Å². The Balaban J connectivity index is 1.66. The predicted molar refractivity (Wildman–Crippen MR) is 116 cm³/mol. The van der Waals surface area contributed by atoms with Crippen molar-refractivity contribution in [2.45, 2.75) is 25.7 Å². The standard InChI is InChI=1S/C23H21N3OS/c1-27-17-13-11-16(12-14-17)24-22-20-18-9-5-6-10-19(18)28-23(20)26-21(25-22)15-7-3-2-4-8-15/h2-4,7-8,11-14H,5-6,9-10H2,1H3,(H,24,25,26). The quantitative estimate of drug-likeness (QED) is 0.467. The first-order valence-electron chi connectivity index (χ1n) is 9.60. The first-order valence-corrected chi connectivity index (χ1v) is 10.4. The van der Waals surface area contributed by atoms with Gasteiger partial charge in [0.25, 0.3) is 0 Å². The van der Waals surface area contributed by atoms with Crippen LogP contribution in [-0.4, -0.2) is 17.1 Å². The van der Waals surface area contributed by atoms with E-state index < -0.39 is 0 Å². The number of rotatable bonds is 4. The number of thiophene rings is 1. The van der Waals surface area contributed by atoms with Gasteiger partial charge < -0.3 is 10.1 Å². The van der Waals surface area contributed by atoms with Gasteiger partial charge in [-0.15, -0.1) is 11.3 Å². The Morgan fingerprint density at radius 2 is 1.71 bits per heavy atom. The zero-order chi connectivity index (χ0) is 18.9. The average molecular weight is 388 g/mol. The van der Waals surface area contributed by atoms with Gasteiger partial charge in [0.05, 0.1) is 12.5 Å². The fourth-order valence-corrected chi connectivity index (χ4v) is 5.04. The van der Waals surface area contributed by atoms with Crippen molar-refractivity contribution in [3.05, 3.63) is 65.0 Å². The Labute approximate surface area is 168 Å². The minimum absolute atomic E-state index is 0.766. The molecule has 1 N–H and O–H groups in total. The minimum Gasteiger partial charge on any atom is -0.497 e. The maximum atomic E-state index is 5.28. The van der Waals surface area contributed by atoms with Crippen LogP contribution in [0.4, 0.5) is 11.5 Å². The molecule has 0 fully saturated rings. The normalized spacial score (nSPS) is 13.3. The molecular formula is C23H21N3OS. The second-order valence-electron chi connectivity index (χ2n) is 7.01. The van der Waals surface area contributed by atoms with E-state index in [-0.39, 0.29) is 0 Å². The van der Waals surface area contributed by atoms with Gasteiger partial charge in [-0.05, 0) is 55.5 Å². The van der Waals surface area contributed by atoms with Gasteiger partial charge in [0.15, 0.2) is 5.82 Å². The topological polar surface area (TPSA) is 47.0 Å².